The number of hydrogen-bond acceptors (Lipinski definition) is 5. The molecule has 2 unspecified atom stereocenters. The Morgan fingerprint density at radius 1 is 0.435 bits per heavy atom. The first-order valence-electron chi connectivity index (χ1n) is 27.3. The zero-order chi connectivity index (χ0) is 45.1. The zero-order valence-corrected chi connectivity index (χ0v) is 41.4. The van der Waals surface area contributed by atoms with Gasteiger partial charge in [-0.15, -0.1) is 0 Å². The first kappa shape index (κ1) is 60.1. The van der Waals surface area contributed by atoms with Crippen LogP contribution in [-0.2, 0) is 14.3 Å². The van der Waals surface area contributed by atoms with E-state index in [1.807, 2.05) is 6.08 Å². The SMILES string of the molecule is CCCCCCC/C=C\CCCCCCCC(=O)OCCCCCC/C=C\CCCC(=O)NC(CO)C(O)/C=C/CCCCCCCCCCCCCCCCCCCCCC. The van der Waals surface area contributed by atoms with Crippen LogP contribution in [0.25, 0.3) is 0 Å². The molecule has 0 aliphatic rings. The number of nitrogens with one attached hydrogen (secondary N) is 1. The minimum absolute atomic E-state index is 0.0465. The van der Waals surface area contributed by atoms with Crippen molar-refractivity contribution in [3.63, 3.8) is 0 Å². The van der Waals surface area contributed by atoms with Crippen molar-refractivity contribution < 1.29 is 24.5 Å². The minimum Gasteiger partial charge on any atom is -0.466 e. The normalized spacial score (nSPS) is 12.9. The van der Waals surface area contributed by atoms with E-state index in [1.165, 1.54) is 186 Å². The number of allylic oxidation sites excluding steroid dienone is 5. The highest BCUT2D eigenvalue weighted by Gasteiger charge is 2.17. The van der Waals surface area contributed by atoms with Gasteiger partial charge in [0.2, 0.25) is 5.91 Å². The lowest BCUT2D eigenvalue weighted by atomic mass is 10.0. The van der Waals surface area contributed by atoms with E-state index in [0.29, 0.717) is 19.4 Å². The highest BCUT2D eigenvalue weighted by molar-refractivity contribution is 5.76. The van der Waals surface area contributed by atoms with Gasteiger partial charge in [0.05, 0.1) is 25.4 Å². The van der Waals surface area contributed by atoms with Crippen LogP contribution in [0.1, 0.15) is 284 Å². The van der Waals surface area contributed by atoms with Crippen molar-refractivity contribution in [3.05, 3.63) is 36.5 Å². The van der Waals surface area contributed by atoms with Crippen molar-refractivity contribution in [2.24, 2.45) is 0 Å². The summed E-state index contributed by atoms with van der Waals surface area (Å²) in [5, 5.41) is 23.1. The standard InChI is InChI=1S/C56H105NO5/c1-3-5-7-9-11-13-15-17-19-20-21-22-23-24-25-26-27-29-32-36-40-44-48-54(59)53(52-58)57-55(60)49-45-41-37-33-31-35-39-43-47-51-62-56(61)50-46-42-38-34-30-28-18-16-14-12-10-8-6-4-2/h16,18,33,37,44,48,53-54,58-59H,3-15,17,19-32,34-36,38-43,45-47,49-52H2,1-2H3,(H,57,60)/b18-16-,37-33-,48-44+. The molecule has 0 aromatic carbocycles. The molecule has 2 atom stereocenters. The average Bonchev–Trinajstić information content (AvgIpc) is 3.27. The van der Waals surface area contributed by atoms with E-state index in [9.17, 15) is 19.8 Å². The van der Waals surface area contributed by atoms with Crippen LogP contribution in [0, 0.1) is 0 Å². The first-order valence-corrected chi connectivity index (χ1v) is 27.3. The Hall–Kier alpha value is -1.92. The van der Waals surface area contributed by atoms with Gasteiger partial charge in [0.1, 0.15) is 0 Å². The van der Waals surface area contributed by atoms with Crippen molar-refractivity contribution in [2.75, 3.05) is 13.2 Å². The van der Waals surface area contributed by atoms with Gasteiger partial charge in [-0.05, 0) is 77.0 Å². The van der Waals surface area contributed by atoms with Gasteiger partial charge in [0, 0.05) is 12.8 Å². The molecule has 0 aromatic rings. The molecule has 1 amide bonds. The van der Waals surface area contributed by atoms with Crippen LogP contribution < -0.4 is 5.32 Å². The van der Waals surface area contributed by atoms with Crippen molar-refractivity contribution in [1.29, 1.82) is 0 Å². The number of carbonyl (C=O) groups excluding carboxylic acids is 2. The molecule has 0 saturated carbocycles. The van der Waals surface area contributed by atoms with E-state index in [2.05, 4.69) is 43.5 Å². The summed E-state index contributed by atoms with van der Waals surface area (Å²) < 4.78 is 5.43. The summed E-state index contributed by atoms with van der Waals surface area (Å²) in [6.07, 6.45) is 63.1. The Balaban J connectivity index is 3.58. The molecule has 0 fully saturated rings. The number of esters is 1. The Kier molecular flexibility index (Phi) is 50.1. The lowest BCUT2D eigenvalue weighted by Crippen LogP contribution is -2.45. The van der Waals surface area contributed by atoms with Crippen LogP contribution in [0.2, 0.25) is 0 Å². The van der Waals surface area contributed by atoms with E-state index in [1.54, 1.807) is 6.08 Å². The maximum atomic E-state index is 12.4. The molecule has 62 heavy (non-hydrogen) atoms. The van der Waals surface area contributed by atoms with Crippen molar-refractivity contribution in [2.45, 2.75) is 296 Å². The van der Waals surface area contributed by atoms with Gasteiger partial charge in [-0.2, -0.15) is 0 Å². The molecule has 0 saturated heterocycles. The minimum atomic E-state index is -0.877. The molecule has 0 bridgehead atoms. The Bertz CT molecular complexity index is 1010. The lowest BCUT2D eigenvalue weighted by molar-refractivity contribution is -0.143. The predicted molar refractivity (Wildman–Crippen MR) is 269 cm³/mol. The number of ether oxygens (including phenoxy) is 1. The predicted octanol–water partition coefficient (Wildman–Crippen LogP) is 16.5. The van der Waals surface area contributed by atoms with Gasteiger partial charge in [0.15, 0.2) is 0 Å². The Morgan fingerprint density at radius 3 is 1.18 bits per heavy atom. The number of amides is 1. The second-order valence-corrected chi connectivity index (χ2v) is 18.5. The molecule has 0 spiro atoms. The fraction of sp³-hybridized carbons (Fsp3) is 0.857. The molecule has 0 aliphatic heterocycles. The summed E-state index contributed by atoms with van der Waals surface area (Å²) in [7, 11) is 0. The molecular weight excluding hydrogens is 767 g/mol. The third-order valence-electron chi connectivity index (χ3n) is 12.4. The number of carbonyl (C=O) groups is 2. The fourth-order valence-corrected chi connectivity index (χ4v) is 8.16. The molecule has 6 nitrogen and oxygen atoms in total. The summed E-state index contributed by atoms with van der Waals surface area (Å²) in [5.41, 5.74) is 0. The quantitative estimate of drug-likeness (QED) is 0.0321. The maximum Gasteiger partial charge on any atom is 0.305 e. The largest absolute Gasteiger partial charge is 0.466 e. The molecule has 0 aliphatic carbocycles. The van der Waals surface area contributed by atoms with Gasteiger partial charge < -0.3 is 20.3 Å². The van der Waals surface area contributed by atoms with Crippen LogP contribution in [0.5, 0.6) is 0 Å². The van der Waals surface area contributed by atoms with Crippen LogP contribution >= 0.6 is 0 Å². The first-order chi connectivity index (χ1) is 30.5. The fourth-order valence-electron chi connectivity index (χ4n) is 8.16. The topological polar surface area (TPSA) is 95.9 Å². The summed E-state index contributed by atoms with van der Waals surface area (Å²) in [5.74, 6) is -0.174. The molecule has 6 heteroatoms. The van der Waals surface area contributed by atoms with Gasteiger partial charge in [-0.3, -0.25) is 9.59 Å². The number of rotatable bonds is 50. The third kappa shape index (κ3) is 47.6. The molecule has 0 radical (unpaired) electrons. The molecular formula is C56H105NO5. The third-order valence-corrected chi connectivity index (χ3v) is 12.4. The number of hydrogen-bond donors (Lipinski definition) is 3. The smallest absolute Gasteiger partial charge is 0.305 e. The van der Waals surface area contributed by atoms with E-state index in [-0.39, 0.29) is 18.5 Å². The van der Waals surface area contributed by atoms with Gasteiger partial charge >= 0.3 is 5.97 Å². The van der Waals surface area contributed by atoms with Crippen molar-refractivity contribution >= 4 is 11.9 Å². The van der Waals surface area contributed by atoms with Crippen LogP contribution in [0.15, 0.2) is 36.5 Å². The van der Waals surface area contributed by atoms with E-state index in [0.717, 1.165) is 70.6 Å². The Labute approximate surface area is 385 Å². The molecule has 0 aromatic heterocycles. The Morgan fingerprint density at radius 2 is 0.774 bits per heavy atom. The van der Waals surface area contributed by atoms with Gasteiger partial charge in [-0.25, -0.2) is 0 Å². The summed E-state index contributed by atoms with van der Waals surface area (Å²) >= 11 is 0. The summed E-state index contributed by atoms with van der Waals surface area (Å²) in [6, 6.07) is -0.667. The molecule has 0 heterocycles. The summed E-state index contributed by atoms with van der Waals surface area (Å²) in [6.45, 7) is 4.80. The summed E-state index contributed by atoms with van der Waals surface area (Å²) in [4.78, 5) is 24.5. The molecule has 3 N–H and O–H groups in total. The second-order valence-electron chi connectivity index (χ2n) is 18.5. The maximum absolute atomic E-state index is 12.4. The zero-order valence-electron chi connectivity index (χ0n) is 41.4. The number of unbranched alkanes of at least 4 members (excludes halogenated alkanes) is 35. The highest BCUT2D eigenvalue weighted by Crippen LogP contribution is 2.16. The number of aliphatic hydroxyl groups excluding tert-OH is 2. The second kappa shape index (κ2) is 51.7. The molecule has 0 rings (SSSR count). The van der Waals surface area contributed by atoms with Crippen LogP contribution in [-0.4, -0.2) is 47.4 Å². The number of aliphatic hydroxyl groups is 2. The average molecular weight is 872 g/mol. The lowest BCUT2D eigenvalue weighted by Gasteiger charge is -2.19. The van der Waals surface area contributed by atoms with Gasteiger partial charge in [-0.1, -0.05) is 230 Å². The van der Waals surface area contributed by atoms with E-state index in [4.69, 9.17) is 4.74 Å². The van der Waals surface area contributed by atoms with Crippen molar-refractivity contribution in [3.8, 4) is 0 Å². The van der Waals surface area contributed by atoms with Crippen molar-refractivity contribution in [1.82, 2.24) is 5.32 Å². The van der Waals surface area contributed by atoms with Crippen LogP contribution in [0.3, 0.4) is 0 Å². The van der Waals surface area contributed by atoms with E-state index >= 15 is 0 Å². The molecule has 364 valence electrons. The van der Waals surface area contributed by atoms with Gasteiger partial charge in [0.25, 0.3) is 0 Å². The van der Waals surface area contributed by atoms with Crippen LogP contribution in [0.4, 0.5) is 0 Å². The highest BCUT2D eigenvalue weighted by atomic mass is 16.5. The van der Waals surface area contributed by atoms with E-state index < -0.39 is 12.1 Å². The monoisotopic (exact) mass is 872 g/mol.